The van der Waals surface area contributed by atoms with Crippen LogP contribution in [0.2, 0.25) is 0 Å². The van der Waals surface area contributed by atoms with Crippen molar-refractivity contribution in [2.24, 2.45) is 5.92 Å². The van der Waals surface area contributed by atoms with Gasteiger partial charge in [0, 0.05) is 19.2 Å². The van der Waals surface area contributed by atoms with Crippen molar-refractivity contribution in [2.75, 3.05) is 26.3 Å². The molecule has 4 nitrogen and oxygen atoms in total. The highest BCUT2D eigenvalue weighted by Crippen LogP contribution is 2.30. The van der Waals surface area contributed by atoms with Gasteiger partial charge in [-0.1, -0.05) is 13.8 Å². The summed E-state index contributed by atoms with van der Waals surface area (Å²) < 4.78 is 11.4. The molecule has 0 bridgehead atoms. The number of rotatable bonds is 7. The fourth-order valence-electron chi connectivity index (χ4n) is 2.23. The Morgan fingerprint density at radius 3 is 2.80 bits per heavy atom. The zero-order chi connectivity index (χ0) is 14.5. The summed E-state index contributed by atoms with van der Waals surface area (Å²) in [4.78, 5) is 2.41. The smallest absolute Gasteiger partial charge is 0.162 e. The predicted octanol–water partition coefficient (Wildman–Crippen LogP) is 2.68. The van der Waals surface area contributed by atoms with E-state index in [1.807, 2.05) is 13.0 Å². The van der Waals surface area contributed by atoms with Crippen molar-refractivity contribution in [1.82, 2.24) is 4.90 Å². The van der Waals surface area contributed by atoms with Crippen LogP contribution in [0.25, 0.3) is 0 Å². The Morgan fingerprint density at radius 2 is 2.15 bits per heavy atom. The summed E-state index contributed by atoms with van der Waals surface area (Å²) in [5.74, 6) is 2.07. The maximum atomic E-state index is 8.91. The van der Waals surface area contributed by atoms with E-state index in [-0.39, 0.29) is 0 Å². The van der Waals surface area contributed by atoms with E-state index < -0.39 is 0 Å². The molecule has 108 valence electrons. The number of nitrogens with zero attached hydrogens (tertiary/aromatic N) is 2. The van der Waals surface area contributed by atoms with Gasteiger partial charge >= 0.3 is 0 Å². The summed E-state index contributed by atoms with van der Waals surface area (Å²) in [6.45, 7) is 9.85. The van der Waals surface area contributed by atoms with Crippen LogP contribution in [0.5, 0.6) is 11.5 Å². The van der Waals surface area contributed by atoms with E-state index in [0.717, 1.165) is 18.8 Å². The summed E-state index contributed by atoms with van der Waals surface area (Å²) in [5.41, 5.74) is 0.591. The molecule has 0 N–H and O–H groups in total. The summed E-state index contributed by atoms with van der Waals surface area (Å²) >= 11 is 0. The van der Waals surface area contributed by atoms with E-state index in [9.17, 15) is 0 Å². The van der Waals surface area contributed by atoms with Crippen LogP contribution >= 0.6 is 0 Å². The molecule has 0 spiro atoms. The van der Waals surface area contributed by atoms with Gasteiger partial charge in [-0.15, -0.1) is 0 Å². The molecule has 1 fully saturated rings. The number of benzene rings is 1. The molecule has 0 saturated carbocycles. The van der Waals surface area contributed by atoms with Crippen molar-refractivity contribution in [3.63, 3.8) is 0 Å². The Hall–Kier alpha value is -1.73. The maximum absolute atomic E-state index is 8.91. The second-order valence-electron chi connectivity index (χ2n) is 5.52. The van der Waals surface area contributed by atoms with Crippen LogP contribution in [0.4, 0.5) is 0 Å². The van der Waals surface area contributed by atoms with E-state index in [1.165, 1.54) is 0 Å². The van der Waals surface area contributed by atoms with Crippen LogP contribution in [0.1, 0.15) is 26.3 Å². The normalized spacial score (nSPS) is 20.6. The molecular formula is C16H22N2O2. The fraction of sp³-hybridized carbons (Fsp3) is 0.562. The molecule has 1 aliphatic heterocycles. The largest absolute Gasteiger partial charge is 0.490 e. The van der Waals surface area contributed by atoms with Gasteiger partial charge in [0.15, 0.2) is 11.5 Å². The first kappa shape index (κ1) is 14.7. The van der Waals surface area contributed by atoms with Crippen LogP contribution in [-0.2, 0) is 0 Å². The molecule has 0 radical (unpaired) electrons. The highest BCUT2D eigenvalue weighted by molar-refractivity contribution is 5.46. The van der Waals surface area contributed by atoms with Gasteiger partial charge < -0.3 is 9.47 Å². The molecule has 2 atom stereocenters. The molecule has 0 amide bonds. The van der Waals surface area contributed by atoms with Gasteiger partial charge in [0.1, 0.15) is 6.61 Å². The molecule has 1 aromatic rings. The number of hydrogen-bond acceptors (Lipinski definition) is 4. The quantitative estimate of drug-likeness (QED) is 0.717. The van der Waals surface area contributed by atoms with E-state index >= 15 is 0 Å². The molecule has 0 aliphatic carbocycles. The molecule has 4 heteroatoms. The van der Waals surface area contributed by atoms with E-state index in [4.69, 9.17) is 14.7 Å². The first-order chi connectivity index (χ1) is 9.63. The van der Waals surface area contributed by atoms with Crippen molar-refractivity contribution >= 4 is 0 Å². The van der Waals surface area contributed by atoms with Gasteiger partial charge in [-0.05, 0) is 25.0 Å². The van der Waals surface area contributed by atoms with Crippen molar-refractivity contribution in [3.05, 3.63) is 23.8 Å². The first-order valence-electron chi connectivity index (χ1n) is 7.17. The van der Waals surface area contributed by atoms with Crippen LogP contribution in [0.15, 0.2) is 18.2 Å². The van der Waals surface area contributed by atoms with Crippen LogP contribution in [0.3, 0.4) is 0 Å². The molecule has 1 aliphatic rings. The number of nitriles is 1. The van der Waals surface area contributed by atoms with Crippen molar-refractivity contribution in [1.29, 1.82) is 5.26 Å². The van der Waals surface area contributed by atoms with Gasteiger partial charge in [-0.2, -0.15) is 5.26 Å². The van der Waals surface area contributed by atoms with Crippen molar-refractivity contribution in [2.45, 2.75) is 26.8 Å². The summed E-state index contributed by atoms with van der Waals surface area (Å²) in [5, 5.41) is 8.91. The SMILES string of the molecule is CCOc1cc(C#N)ccc1OCC1CN1CC(C)C. The van der Waals surface area contributed by atoms with Gasteiger partial charge in [-0.25, -0.2) is 0 Å². The van der Waals surface area contributed by atoms with Crippen molar-refractivity contribution in [3.8, 4) is 17.6 Å². The van der Waals surface area contributed by atoms with Gasteiger partial charge in [-0.3, -0.25) is 4.90 Å². The average Bonchev–Trinajstić information content (AvgIpc) is 3.15. The lowest BCUT2D eigenvalue weighted by Gasteiger charge is -2.12. The van der Waals surface area contributed by atoms with Gasteiger partial charge in [0.25, 0.3) is 0 Å². The number of ether oxygens (including phenoxy) is 2. The molecule has 2 unspecified atom stereocenters. The standard InChI is InChI=1S/C16H22N2O2/c1-4-19-16-7-13(8-17)5-6-15(16)20-11-14-10-18(14)9-12(2)3/h5-7,12,14H,4,9-11H2,1-3H3. The maximum Gasteiger partial charge on any atom is 0.162 e. The topological polar surface area (TPSA) is 45.3 Å². The van der Waals surface area contributed by atoms with Crippen LogP contribution < -0.4 is 9.47 Å². The highest BCUT2D eigenvalue weighted by Gasteiger charge is 2.34. The first-order valence-corrected chi connectivity index (χ1v) is 7.17. The minimum Gasteiger partial charge on any atom is -0.490 e. The van der Waals surface area contributed by atoms with Gasteiger partial charge in [0.05, 0.1) is 24.3 Å². The lowest BCUT2D eigenvalue weighted by molar-refractivity contribution is 0.261. The molecule has 0 aromatic heterocycles. The summed E-state index contributed by atoms with van der Waals surface area (Å²) in [7, 11) is 0. The second kappa shape index (κ2) is 6.62. The van der Waals surface area contributed by atoms with E-state index in [2.05, 4.69) is 24.8 Å². The molecule has 1 heterocycles. The highest BCUT2D eigenvalue weighted by atomic mass is 16.5. The zero-order valence-electron chi connectivity index (χ0n) is 12.4. The van der Waals surface area contributed by atoms with Crippen LogP contribution in [0, 0.1) is 17.2 Å². The number of hydrogen-bond donors (Lipinski definition) is 0. The summed E-state index contributed by atoms with van der Waals surface area (Å²) in [6.07, 6.45) is 0. The molecule has 1 aromatic carbocycles. The second-order valence-corrected chi connectivity index (χ2v) is 5.52. The molecule has 2 rings (SSSR count). The van der Waals surface area contributed by atoms with E-state index in [1.54, 1.807) is 12.1 Å². The molecule has 20 heavy (non-hydrogen) atoms. The monoisotopic (exact) mass is 274 g/mol. The van der Waals surface area contributed by atoms with Gasteiger partial charge in [0.2, 0.25) is 0 Å². The Kier molecular flexibility index (Phi) is 4.86. The Bertz CT molecular complexity index is 494. The lowest BCUT2D eigenvalue weighted by atomic mass is 10.2. The minimum absolute atomic E-state index is 0.516. The molecular weight excluding hydrogens is 252 g/mol. The predicted molar refractivity (Wildman–Crippen MR) is 78.0 cm³/mol. The third-order valence-electron chi connectivity index (χ3n) is 3.23. The van der Waals surface area contributed by atoms with Crippen molar-refractivity contribution < 1.29 is 9.47 Å². The Labute approximate surface area is 120 Å². The lowest BCUT2D eigenvalue weighted by Crippen LogP contribution is -2.15. The third kappa shape index (κ3) is 3.88. The van der Waals surface area contributed by atoms with E-state index in [0.29, 0.717) is 36.5 Å². The third-order valence-corrected chi connectivity index (χ3v) is 3.23. The fourth-order valence-corrected chi connectivity index (χ4v) is 2.23. The minimum atomic E-state index is 0.516. The Morgan fingerprint density at radius 1 is 1.35 bits per heavy atom. The average molecular weight is 274 g/mol. The van der Waals surface area contributed by atoms with Crippen LogP contribution in [-0.4, -0.2) is 37.2 Å². The summed E-state index contributed by atoms with van der Waals surface area (Å²) in [6, 6.07) is 7.94. The Balaban J connectivity index is 1.91. The molecule has 1 saturated heterocycles. The zero-order valence-corrected chi connectivity index (χ0v) is 12.4.